The third kappa shape index (κ3) is 4.65. The number of amides is 1. The monoisotopic (exact) mass is 302 g/mol. The van der Waals surface area contributed by atoms with Gasteiger partial charge in [0.2, 0.25) is 0 Å². The van der Waals surface area contributed by atoms with Gasteiger partial charge in [-0.05, 0) is 23.6 Å². The summed E-state index contributed by atoms with van der Waals surface area (Å²) in [5.41, 5.74) is 6.29. The van der Waals surface area contributed by atoms with E-state index in [-0.39, 0.29) is 12.5 Å². The number of benzene rings is 1. The van der Waals surface area contributed by atoms with Crippen LogP contribution in [0.5, 0.6) is 5.75 Å². The average molecular weight is 302 g/mol. The van der Waals surface area contributed by atoms with Crippen LogP contribution < -0.4 is 10.5 Å². The molecule has 2 N–H and O–H groups in total. The summed E-state index contributed by atoms with van der Waals surface area (Å²) in [6, 6.07) is 11.0. The maximum Gasteiger partial charge on any atom is 0.261 e. The first kappa shape index (κ1) is 15.1. The molecule has 0 aliphatic heterocycles. The van der Waals surface area contributed by atoms with Crippen molar-refractivity contribution in [1.29, 1.82) is 0 Å². The average Bonchev–Trinajstić information content (AvgIpc) is 2.97. The van der Waals surface area contributed by atoms with Crippen molar-refractivity contribution in [3.63, 3.8) is 0 Å². The zero-order valence-corrected chi connectivity index (χ0v) is 12.5. The predicted molar refractivity (Wildman–Crippen MR) is 86.3 cm³/mol. The van der Waals surface area contributed by atoms with Gasteiger partial charge in [-0.15, -0.1) is 17.9 Å². The summed E-state index contributed by atoms with van der Waals surface area (Å²) >= 11 is 1.63. The van der Waals surface area contributed by atoms with Crippen LogP contribution in [0.15, 0.2) is 54.4 Å². The Morgan fingerprint density at radius 3 is 2.90 bits per heavy atom. The number of hydrogen-bond donors (Lipinski definition) is 1. The highest BCUT2D eigenvalue weighted by Gasteiger charge is 2.14. The van der Waals surface area contributed by atoms with Crippen molar-refractivity contribution in [3.05, 3.63) is 59.3 Å². The van der Waals surface area contributed by atoms with Gasteiger partial charge in [-0.1, -0.05) is 18.2 Å². The number of nitrogens with two attached hydrogens (primary N) is 1. The molecule has 0 atom stereocenters. The maximum atomic E-state index is 12.2. The van der Waals surface area contributed by atoms with E-state index < -0.39 is 0 Å². The van der Waals surface area contributed by atoms with Crippen molar-refractivity contribution in [1.82, 2.24) is 4.90 Å². The second-order valence-corrected chi connectivity index (χ2v) is 5.54. The number of anilines is 1. The van der Waals surface area contributed by atoms with Crippen LogP contribution in [0.1, 0.15) is 4.88 Å². The van der Waals surface area contributed by atoms with Crippen molar-refractivity contribution >= 4 is 22.9 Å². The normalized spacial score (nSPS) is 10.1. The highest BCUT2D eigenvalue weighted by Crippen LogP contribution is 2.15. The first-order chi connectivity index (χ1) is 10.2. The summed E-state index contributed by atoms with van der Waals surface area (Å²) in [5.74, 6) is 0.517. The van der Waals surface area contributed by atoms with Gasteiger partial charge < -0.3 is 15.4 Å². The van der Waals surface area contributed by atoms with Crippen molar-refractivity contribution in [2.45, 2.75) is 6.54 Å². The Morgan fingerprint density at radius 2 is 2.24 bits per heavy atom. The van der Waals surface area contributed by atoms with Gasteiger partial charge in [0.05, 0.1) is 6.54 Å². The molecule has 2 rings (SSSR count). The Hall–Kier alpha value is -2.27. The fraction of sp³-hybridized carbons (Fsp3) is 0.188. The molecular weight excluding hydrogens is 284 g/mol. The number of thiophene rings is 1. The van der Waals surface area contributed by atoms with E-state index in [1.807, 2.05) is 17.5 Å². The summed E-state index contributed by atoms with van der Waals surface area (Å²) in [7, 11) is 0. The van der Waals surface area contributed by atoms with Crippen LogP contribution in [-0.4, -0.2) is 24.0 Å². The molecule has 1 aromatic heterocycles. The summed E-state index contributed by atoms with van der Waals surface area (Å²) in [5, 5.41) is 2.00. The molecule has 0 radical (unpaired) electrons. The number of rotatable bonds is 7. The first-order valence-corrected chi connectivity index (χ1v) is 7.46. The number of ether oxygens (including phenoxy) is 1. The van der Waals surface area contributed by atoms with Crippen molar-refractivity contribution in [2.24, 2.45) is 0 Å². The Kier molecular flexibility index (Phi) is 5.40. The maximum absolute atomic E-state index is 12.2. The molecule has 21 heavy (non-hydrogen) atoms. The standard InChI is InChI=1S/C16H18N2O2S/c1-2-8-18(11-15-7-4-9-21-15)16(19)12-20-14-6-3-5-13(17)10-14/h2-7,9-10H,1,8,11-12,17H2. The predicted octanol–water partition coefficient (Wildman–Crippen LogP) is 2.92. The highest BCUT2D eigenvalue weighted by molar-refractivity contribution is 7.09. The minimum atomic E-state index is -0.0780. The van der Waals surface area contributed by atoms with Crippen LogP contribution in [0.2, 0.25) is 0 Å². The molecule has 1 aromatic carbocycles. The minimum absolute atomic E-state index is 0.0112. The van der Waals surface area contributed by atoms with Crippen LogP contribution in [0.25, 0.3) is 0 Å². The van der Waals surface area contributed by atoms with Gasteiger partial charge in [-0.2, -0.15) is 0 Å². The van der Waals surface area contributed by atoms with Gasteiger partial charge >= 0.3 is 0 Å². The van der Waals surface area contributed by atoms with E-state index in [4.69, 9.17) is 10.5 Å². The van der Waals surface area contributed by atoms with Crippen LogP contribution in [0, 0.1) is 0 Å². The van der Waals surface area contributed by atoms with E-state index in [1.54, 1.807) is 46.6 Å². The lowest BCUT2D eigenvalue weighted by Gasteiger charge is -2.20. The van der Waals surface area contributed by atoms with Crippen LogP contribution in [0.4, 0.5) is 5.69 Å². The summed E-state index contributed by atoms with van der Waals surface area (Å²) < 4.78 is 5.49. The van der Waals surface area contributed by atoms with E-state index in [1.165, 1.54) is 0 Å². The largest absolute Gasteiger partial charge is 0.484 e. The molecule has 110 valence electrons. The molecule has 1 heterocycles. The van der Waals surface area contributed by atoms with Crippen LogP contribution in [0.3, 0.4) is 0 Å². The molecule has 0 spiro atoms. The number of hydrogen-bond acceptors (Lipinski definition) is 4. The molecule has 4 nitrogen and oxygen atoms in total. The van der Waals surface area contributed by atoms with Crippen molar-refractivity contribution < 1.29 is 9.53 Å². The molecule has 0 saturated carbocycles. The zero-order valence-electron chi connectivity index (χ0n) is 11.7. The fourth-order valence-corrected chi connectivity index (χ4v) is 2.56. The lowest BCUT2D eigenvalue weighted by molar-refractivity contribution is -0.133. The second kappa shape index (κ2) is 7.50. The van der Waals surface area contributed by atoms with Gasteiger partial charge in [0.1, 0.15) is 5.75 Å². The van der Waals surface area contributed by atoms with E-state index in [0.29, 0.717) is 24.5 Å². The first-order valence-electron chi connectivity index (χ1n) is 6.58. The number of carbonyl (C=O) groups excluding carboxylic acids is 1. The van der Waals surface area contributed by atoms with E-state index in [2.05, 4.69) is 6.58 Å². The van der Waals surface area contributed by atoms with Crippen LogP contribution in [-0.2, 0) is 11.3 Å². The van der Waals surface area contributed by atoms with E-state index >= 15 is 0 Å². The lowest BCUT2D eigenvalue weighted by atomic mass is 10.3. The van der Waals surface area contributed by atoms with Gasteiger partial charge in [-0.3, -0.25) is 4.79 Å². The van der Waals surface area contributed by atoms with Crippen LogP contribution >= 0.6 is 11.3 Å². The van der Waals surface area contributed by atoms with E-state index in [0.717, 1.165) is 4.88 Å². The third-order valence-electron chi connectivity index (χ3n) is 2.85. The lowest BCUT2D eigenvalue weighted by Crippen LogP contribution is -2.34. The zero-order chi connectivity index (χ0) is 15.1. The highest BCUT2D eigenvalue weighted by atomic mass is 32.1. The molecule has 0 aliphatic carbocycles. The topological polar surface area (TPSA) is 55.6 Å². The number of nitrogens with zero attached hydrogens (tertiary/aromatic N) is 1. The Bertz CT molecular complexity index is 596. The summed E-state index contributed by atoms with van der Waals surface area (Å²) in [6.45, 7) is 4.75. The molecule has 0 bridgehead atoms. The van der Waals surface area contributed by atoms with Gasteiger partial charge in [0.15, 0.2) is 6.61 Å². The fourth-order valence-electron chi connectivity index (χ4n) is 1.84. The smallest absolute Gasteiger partial charge is 0.261 e. The van der Waals surface area contributed by atoms with E-state index in [9.17, 15) is 4.79 Å². The molecule has 0 saturated heterocycles. The van der Waals surface area contributed by atoms with Gasteiger partial charge in [0, 0.05) is 23.2 Å². The number of nitrogen functional groups attached to an aromatic ring is 1. The van der Waals surface area contributed by atoms with Gasteiger partial charge in [-0.25, -0.2) is 0 Å². The molecule has 0 fully saturated rings. The quantitative estimate of drug-likeness (QED) is 0.632. The molecule has 2 aromatic rings. The summed E-state index contributed by atoms with van der Waals surface area (Å²) in [6.07, 6.45) is 1.71. The Morgan fingerprint density at radius 1 is 1.38 bits per heavy atom. The number of carbonyl (C=O) groups is 1. The molecule has 1 amide bonds. The summed E-state index contributed by atoms with van der Waals surface area (Å²) in [4.78, 5) is 15.1. The molecule has 0 unspecified atom stereocenters. The Balaban J connectivity index is 1.93. The second-order valence-electron chi connectivity index (χ2n) is 4.50. The van der Waals surface area contributed by atoms with Crippen molar-refractivity contribution in [3.8, 4) is 5.75 Å². The molecular formula is C16H18N2O2S. The van der Waals surface area contributed by atoms with Gasteiger partial charge in [0.25, 0.3) is 5.91 Å². The minimum Gasteiger partial charge on any atom is -0.484 e. The molecule has 5 heteroatoms. The SMILES string of the molecule is C=CCN(Cc1cccs1)C(=O)COc1cccc(N)c1. The molecule has 0 aliphatic rings. The Labute approximate surface area is 128 Å². The third-order valence-corrected chi connectivity index (χ3v) is 3.71. The van der Waals surface area contributed by atoms with Crippen molar-refractivity contribution in [2.75, 3.05) is 18.9 Å².